The van der Waals surface area contributed by atoms with Crippen LogP contribution in [-0.2, 0) is 25.7 Å². The Morgan fingerprint density at radius 3 is 1.39 bits per heavy atom. The van der Waals surface area contributed by atoms with Crippen molar-refractivity contribution >= 4 is 16.8 Å². The van der Waals surface area contributed by atoms with Crippen LogP contribution in [0.4, 0.5) is 0 Å². The Bertz CT molecular complexity index is 1950. The predicted molar refractivity (Wildman–Crippen MR) is 225 cm³/mol. The fraction of sp³-hybridized carbons (Fsp3) is 0.176. The number of allylic oxidation sites excluding steroid dienone is 1. The van der Waals surface area contributed by atoms with Crippen LogP contribution in [0.3, 0.4) is 0 Å². The summed E-state index contributed by atoms with van der Waals surface area (Å²) < 4.78 is 0. The van der Waals surface area contributed by atoms with Crippen LogP contribution in [0.2, 0.25) is 0 Å². The van der Waals surface area contributed by atoms with Gasteiger partial charge in [0.2, 0.25) is 0 Å². The van der Waals surface area contributed by atoms with Crippen molar-refractivity contribution in [2.45, 2.75) is 59.8 Å². The lowest BCUT2D eigenvalue weighted by Crippen LogP contribution is -1.91. The van der Waals surface area contributed by atoms with Crippen LogP contribution < -0.4 is 0 Å². The predicted octanol–water partition coefficient (Wildman–Crippen LogP) is 14.2. The number of rotatable bonds is 8. The molecule has 0 radical (unpaired) electrons. The molecular formula is C51H54. The molecule has 7 rings (SSSR count). The van der Waals surface area contributed by atoms with E-state index in [2.05, 4.69) is 198 Å². The van der Waals surface area contributed by atoms with Gasteiger partial charge in [0.25, 0.3) is 0 Å². The van der Waals surface area contributed by atoms with Crippen LogP contribution in [0.15, 0.2) is 188 Å². The summed E-state index contributed by atoms with van der Waals surface area (Å²) in [5.41, 5.74) is 10.6. The molecule has 258 valence electrons. The maximum absolute atomic E-state index is 2.31. The van der Waals surface area contributed by atoms with Crippen molar-refractivity contribution in [3.8, 4) is 11.1 Å². The molecule has 0 amide bonds. The SMILES string of the molecule is C(=C\c1ccc2ccc(-c3ccc(CCc4ccccc4)cc3)cc2c1)/Cc1ccccc1.CCC.CCc1ccccc1.Cc1ccccc1. The molecule has 0 atom stereocenters. The number of aryl methyl sites for hydroxylation is 4. The Kier molecular flexibility index (Phi) is 16.8. The summed E-state index contributed by atoms with van der Waals surface area (Å²) in [6.07, 6.45) is 9.96. The van der Waals surface area contributed by atoms with Gasteiger partial charge in [-0.1, -0.05) is 215 Å². The molecule has 51 heavy (non-hydrogen) atoms. The van der Waals surface area contributed by atoms with Crippen molar-refractivity contribution < 1.29 is 0 Å². The van der Waals surface area contributed by atoms with Gasteiger partial charge in [-0.3, -0.25) is 0 Å². The maximum Gasteiger partial charge on any atom is -0.00941 e. The summed E-state index contributed by atoms with van der Waals surface area (Å²) in [5.74, 6) is 0. The van der Waals surface area contributed by atoms with Crippen LogP contribution in [0.5, 0.6) is 0 Å². The largest absolute Gasteiger partial charge is 0.0795 e. The lowest BCUT2D eigenvalue weighted by atomic mass is 9.97. The average molecular weight is 667 g/mol. The van der Waals surface area contributed by atoms with Gasteiger partial charge in [-0.25, -0.2) is 0 Å². The lowest BCUT2D eigenvalue weighted by molar-refractivity contribution is 0.960. The Labute approximate surface area is 308 Å². The molecule has 0 heterocycles. The highest BCUT2D eigenvalue weighted by Crippen LogP contribution is 2.26. The molecule has 0 N–H and O–H groups in total. The summed E-state index contributed by atoms with van der Waals surface area (Å²) in [5, 5.41) is 2.56. The minimum absolute atomic E-state index is 0.954. The molecule has 0 unspecified atom stereocenters. The van der Waals surface area contributed by atoms with Crippen LogP contribution >= 0.6 is 0 Å². The normalized spacial score (nSPS) is 10.3. The molecular weight excluding hydrogens is 613 g/mol. The van der Waals surface area contributed by atoms with E-state index in [1.54, 1.807) is 0 Å². The first-order chi connectivity index (χ1) is 25.1. The van der Waals surface area contributed by atoms with Gasteiger partial charge in [-0.2, -0.15) is 0 Å². The zero-order valence-electron chi connectivity index (χ0n) is 31.0. The Hall–Kier alpha value is -5.46. The molecule has 0 aromatic heterocycles. The molecule has 0 heteroatoms. The van der Waals surface area contributed by atoms with Gasteiger partial charge in [0.05, 0.1) is 0 Å². The third-order valence-electron chi connectivity index (χ3n) is 8.39. The molecule has 0 bridgehead atoms. The van der Waals surface area contributed by atoms with Crippen LogP contribution in [-0.4, -0.2) is 0 Å². The molecule has 0 nitrogen and oxygen atoms in total. The molecule has 7 aromatic rings. The highest BCUT2D eigenvalue weighted by atomic mass is 14.1. The van der Waals surface area contributed by atoms with Crippen molar-refractivity contribution in [1.29, 1.82) is 0 Å². The van der Waals surface area contributed by atoms with Crippen molar-refractivity contribution in [2.24, 2.45) is 0 Å². The molecule has 0 aliphatic rings. The van der Waals surface area contributed by atoms with Gasteiger partial charge < -0.3 is 0 Å². The minimum atomic E-state index is 0.954. The van der Waals surface area contributed by atoms with Crippen molar-refractivity contribution in [2.75, 3.05) is 0 Å². The van der Waals surface area contributed by atoms with E-state index in [4.69, 9.17) is 0 Å². The standard InChI is InChI=1S/C33H28.C8H10.C7H8.C3H8/c1-3-8-26(9-4-1)12-7-13-29-18-21-31-22-23-32(25-33(31)24-29)30-19-16-28(17-20-30)15-14-27-10-5-2-6-11-27;1-2-8-6-4-3-5-7-8;1-7-5-3-2-4-6-7;1-3-2/h1-11,13,16-25H,12,14-15H2;3-7H,2H2,1H3;2-6H,1H3;3H2,1-2H3/b13-7+;;;. The van der Waals surface area contributed by atoms with Gasteiger partial charge in [-0.15, -0.1) is 0 Å². The summed E-state index contributed by atoms with van der Waals surface area (Å²) in [6.45, 7) is 8.50. The number of fused-ring (bicyclic) bond motifs is 1. The van der Waals surface area contributed by atoms with Crippen molar-refractivity contribution in [3.63, 3.8) is 0 Å². The Balaban J connectivity index is 0.000000264. The minimum Gasteiger partial charge on any atom is -0.0795 e. The number of hydrogen-bond donors (Lipinski definition) is 0. The van der Waals surface area contributed by atoms with Crippen molar-refractivity contribution in [1.82, 2.24) is 0 Å². The second-order valence-electron chi connectivity index (χ2n) is 12.8. The molecule has 0 aliphatic heterocycles. The van der Waals surface area contributed by atoms with Crippen LogP contribution in [0.25, 0.3) is 28.0 Å². The topological polar surface area (TPSA) is 0 Å². The zero-order chi connectivity index (χ0) is 35.9. The number of benzene rings is 7. The second kappa shape index (κ2) is 22.3. The van der Waals surface area contributed by atoms with Gasteiger partial charge >= 0.3 is 0 Å². The highest BCUT2D eigenvalue weighted by molar-refractivity contribution is 5.89. The molecule has 7 aromatic carbocycles. The molecule has 0 spiro atoms. The first kappa shape index (κ1) is 38.3. The van der Waals surface area contributed by atoms with Gasteiger partial charge in [0.1, 0.15) is 0 Å². The smallest absolute Gasteiger partial charge is 0.00941 e. The molecule has 0 aliphatic carbocycles. The van der Waals surface area contributed by atoms with Crippen LogP contribution in [0.1, 0.15) is 60.6 Å². The highest BCUT2D eigenvalue weighted by Gasteiger charge is 2.02. The monoisotopic (exact) mass is 666 g/mol. The molecule has 0 saturated carbocycles. The molecule has 0 saturated heterocycles. The van der Waals surface area contributed by atoms with E-state index < -0.39 is 0 Å². The van der Waals surface area contributed by atoms with Crippen LogP contribution in [0, 0.1) is 6.92 Å². The first-order valence-electron chi connectivity index (χ1n) is 18.5. The fourth-order valence-corrected chi connectivity index (χ4v) is 5.54. The Morgan fingerprint density at radius 2 is 0.882 bits per heavy atom. The summed E-state index contributed by atoms with van der Waals surface area (Å²) in [7, 11) is 0. The van der Waals surface area contributed by atoms with E-state index in [-0.39, 0.29) is 0 Å². The second-order valence-corrected chi connectivity index (χ2v) is 12.8. The van der Waals surface area contributed by atoms with E-state index in [1.165, 1.54) is 61.7 Å². The summed E-state index contributed by atoms with van der Waals surface area (Å²) in [4.78, 5) is 0. The first-order valence-corrected chi connectivity index (χ1v) is 18.5. The van der Waals surface area contributed by atoms with E-state index >= 15 is 0 Å². The van der Waals surface area contributed by atoms with Gasteiger partial charge in [0, 0.05) is 0 Å². The lowest BCUT2D eigenvalue weighted by Gasteiger charge is -2.07. The zero-order valence-corrected chi connectivity index (χ0v) is 31.0. The number of hydrogen-bond acceptors (Lipinski definition) is 0. The van der Waals surface area contributed by atoms with Crippen molar-refractivity contribution in [3.05, 3.63) is 221 Å². The molecule has 0 fully saturated rings. The Morgan fingerprint density at radius 1 is 0.412 bits per heavy atom. The van der Waals surface area contributed by atoms with Gasteiger partial charge in [0.15, 0.2) is 0 Å². The van der Waals surface area contributed by atoms with E-state index in [0.717, 1.165) is 25.7 Å². The summed E-state index contributed by atoms with van der Waals surface area (Å²) in [6, 6.07) is 64.5. The van der Waals surface area contributed by atoms with E-state index in [1.807, 2.05) is 24.3 Å². The third kappa shape index (κ3) is 14.1. The maximum atomic E-state index is 2.31. The fourth-order valence-electron chi connectivity index (χ4n) is 5.54. The quantitative estimate of drug-likeness (QED) is 0.151. The summed E-state index contributed by atoms with van der Waals surface area (Å²) >= 11 is 0. The average Bonchev–Trinajstić information content (AvgIpc) is 3.19. The van der Waals surface area contributed by atoms with E-state index in [9.17, 15) is 0 Å². The van der Waals surface area contributed by atoms with E-state index in [0.29, 0.717) is 0 Å². The van der Waals surface area contributed by atoms with Gasteiger partial charge in [-0.05, 0) is 94.5 Å². The third-order valence-corrected chi connectivity index (χ3v) is 8.39.